The Kier molecular flexibility index (Phi) is 2.90. The second kappa shape index (κ2) is 4.07. The summed E-state index contributed by atoms with van der Waals surface area (Å²) >= 11 is 0. The average molecular weight is 241 g/mol. The summed E-state index contributed by atoms with van der Waals surface area (Å²) in [5.41, 5.74) is 0.914. The fraction of sp³-hybridized carbons (Fsp3) is 0.455. The SMILES string of the molecule is CC1CN(S(C)(=O)=O)Cc2ccccc2O1. The molecule has 0 amide bonds. The number of rotatable bonds is 1. The molecule has 1 aromatic carbocycles. The molecule has 4 nitrogen and oxygen atoms in total. The Morgan fingerprint density at radius 2 is 2.06 bits per heavy atom. The van der Waals surface area contributed by atoms with Crippen molar-refractivity contribution in [2.45, 2.75) is 19.6 Å². The van der Waals surface area contributed by atoms with Gasteiger partial charge in [0.15, 0.2) is 0 Å². The molecule has 88 valence electrons. The monoisotopic (exact) mass is 241 g/mol. The van der Waals surface area contributed by atoms with Gasteiger partial charge in [-0.2, -0.15) is 4.31 Å². The molecule has 0 bridgehead atoms. The Bertz CT molecular complexity index is 484. The molecule has 1 unspecified atom stereocenters. The highest BCUT2D eigenvalue weighted by molar-refractivity contribution is 7.88. The lowest BCUT2D eigenvalue weighted by molar-refractivity contribution is 0.201. The van der Waals surface area contributed by atoms with Gasteiger partial charge in [0.1, 0.15) is 11.9 Å². The largest absolute Gasteiger partial charge is 0.489 e. The molecule has 1 aromatic rings. The number of para-hydroxylation sites is 1. The van der Waals surface area contributed by atoms with E-state index < -0.39 is 10.0 Å². The van der Waals surface area contributed by atoms with Crippen LogP contribution in [-0.2, 0) is 16.6 Å². The summed E-state index contributed by atoms with van der Waals surface area (Å²) in [4.78, 5) is 0. The standard InChI is InChI=1S/C11H15NO3S/c1-9-7-12(16(2,13)14)8-10-5-3-4-6-11(10)15-9/h3-6,9H,7-8H2,1-2H3. The van der Waals surface area contributed by atoms with Crippen molar-refractivity contribution in [3.63, 3.8) is 0 Å². The molecular formula is C11H15NO3S. The highest BCUT2D eigenvalue weighted by Gasteiger charge is 2.25. The normalized spacial score (nSPS) is 22.0. The van der Waals surface area contributed by atoms with E-state index in [0.717, 1.165) is 11.3 Å². The highest BCUT2D eigenvalue weighted by Crippen LogP contribution is 2.25. The lowest BCUT2D eigenvalue weighted by atomic mass is 10.2. The Hall–Kier alpha value is -1.07. The Labute approximate surface area is 95.9 Å². The summed E-state index contributed by atoms with van der Waals surface area (Å²) in [5, 5.41) is 0. The molecule has 1 aliphatic heterocycles. The Morgan fingerprint density at radius 1 is 1.38 bits per heavy atom. The van der Waals surface area contributed by atoms with Crippen LogP contribution in [0.15, 0.2) is 24.3 Å². The molecule has 16 heavy (non-hydrogen) atoms. The fourth-order valence-corrected chi connectivity index (χ4v) is 2.65. The van der Waals surface area contributed by atoms with Gasteiger partial charge in [0, 0.05) is 12.1 Å². The van der Waals surface area contributed by atoms with Gasteiger partial charge in [0.05, 0.1) is 12.8 Å². The van der Waals surface area contributed by atoms with Gasteiger partial charge in [-0.1, -0.05) is 18.2 Å². The van der Waals surface area contributed by atoms with Gasteiger partial charge in [0.2, 0.25) is 10.0 Å². The van der Waals surface area contributed by atoms with Crippen LogP contribution in [0.1, 0.15) is 12.5 Å². The summed E-state index contributed by atoms with van der Waals surface area (Å²) in [7, 11) is -3.17. The van der Waals surface area contributed by atoms with Crippen molar-refractivity contribution in [3.05, 3.63) is 29.8 Å². The second-order valence-electron chi connectivity index (χ2n) is 4.09. The molecule has 5 heteroatoms. The van der Waals surface area contributed by atoms with E-state index in [1.807, 2.05) is 31.2 Å². The maximum absolute atomic E-state index is 11.6. The molecule has 2 rings (SSSR count). The predicted molar refractivity (Wildman–Crippen MR) is 61.8 cm³/mol. The zero-order valence-corrected chi connectivity index (χ0v) is 10.2. The van der Waals surface area contributed by atoms with Gasteiger partial charge in [0.25, 0.3) is 0 Å². The number of ether oxygens (including phenoxy) is 1. The van der Waals surface area contributed by atoms with E-state index in [2.05, 4.69) is 0 Å². The van der Waals surface area contributed by atoms with Crippen molar-refractivity contribution in [2.24, 2.45) is 0 Å². The molecule has 0 radical (unpaired) electrons. The molecular weight excluding hydrogens is 226 g/mol. The molecule has 0 fully saturated rings. The Morgan fingerprint density at radius 3 is 2.75 bits per heavy atom. The topological polar surface area (TPSA) is 46.6 Å². The number of hydrogen-bond donors (Lipinski definition) is 0. The zero-order chi connectivity index (χ0) is 11.8. The van der Waals surface area contributed by atoms with Crippen LogP contribution in [0, 0.1) is 0 Å². The minimum Gasteiger partial charge on any atom is -0.489 e. The molecule has 1 heterocycles. The third-order valence-corrected chi connectivity index (χ3v) is 3.79. The first-order valence-electron chi connectivity index (χ1n) is 5.16. The van der Waals surface area contributed by atoms with Gasteiger partial charge in [-0.3, -0.25) is 0 Å². The van der Waals surface area contributed by atoms with Crippen molar-refractivity contribution in [1.29, 1.82) is 0 Å². The van der Waals surface area contributed by atoms with Crippen LogP contribution in [0.4, 0.5) is 0 Å². The molecule has 0 aromatic heterocycles. The zero-order valence-electron chi connectivity index (χ0n) is 9.38. The number of nitrogens with zero attached hydrogens (tertiary/aromatic N) is 1. The van der Waals surface area contributed by atoms with E-state index in [1.165, 1.54) is 10.6 Å². The van der Waals surface area contributed by atoms with Gasteiger partial charge in [-0.25, -0.2) is 8.42 Å². The summed E-state index contributed by atoms with van der Waals surface area (Å²) in [5.74, 6) is 0.779. The van der Waals surface area contributed by atoms with Crippen molar-refractivity contribution in [3.8, 4) is 5.75 Å². The Balaban J connectivity index is 2.38. The van der Waals surface area contributed by atoms with Crippen LogP contribution in [0.3, 0.4) is 0 Å². The van der Waals surface area contributed by atoms with E-state index in [1.54, 1.807) is 0 Å². The maximum atomic E-state index is 11.6. The lowest BCUT2D eigenvalue weighted by Crippen LogP contribution is -2.35. The van der Waals surface area contributed by atoms with Crippen molar-refractivity contribution < 1.29 is 13.2 Å². The van der Waals surface area contributed by atoms with Crippen LogP contribution in [0.5, 0.6) is 5.75 Å². The second-order valence-corrected chi connectivity index (χ2v) is 6.07. The van der Waals surface area contributed by atoms with Gasteiger partial charge >= 0.3 is 0 Å². The van der Waals surface area contributed by atoms with Crippen LogP contribution >= 0.6 is 0 Å². The molecule has 0 spiro atoms. The quantitative estimate of drug-likeness (QED) is 0.743. The van der Waals surface area contributed by atoms with Crippen molar-refractivity contribution >= 4 is 10.0 Å². The van der Waals surface area contributed by atoms with Crippen molar-refractivity contribution in [1.82, 2.24) is 4.31 Å². The first-order valence-corrected chi connectivity index (χ1v) is 7.01. The van der Waals surface area contributed by atoms with E-state index in [9.17, 15) is 8.42 Å². The lowest BCUT2D eigenvalue weighted by Gasteiger charge is -2.19. The molecule has 0 saturated heterocycles. The maximum Gasteiger partial charge on any atom is 0.211 e. The van der Waals surface area contributed by atoms with Crippen LogP contribution < -0.4 is 4.74 Å². The fourth-order valence-electron chi connectivity index (χ4n) is 1.80. The number of sulfonamides is 1. The average Bonchev–Trinajstić information content (AvgIpc) is 2.34. The number of hydrogen-bond acceptors (Lipinski definition) is 3. The van der Waals surface area contributed by atoms with Gasteiger partial charge in [-0.05, 0) is 13.0 Å². The van der Waals surface area contributed by atoms with E-state index in [0.29, 0.717) is 13.1 Å². The third kappa shape index (κ3) is 2.36. The minimum absolute atomic E-state index is 0.127. The van der Waals surface area contributed by atoms with E-state index in [-0.39, 0.29) is 6.10 Å². The van der Waals surface area contributed by atoms with Gasteiger partial charge < -0.3 is 4.74 Å². The summed E-state index contributed by atoms with van der Waals surface area (Å²) in [6, 6.07) is 7.55. The minimum atomic E-state index is -3.17. The first-order chi connectivity index (χ1) is 7.47. The predicted octanol–water partition coefficient (Wildman–Crippen LogP) is 1.23. The van der Waals surface area contributed by atoms with Crippen LogP contribution in [-0.4, -0.2) is 31.6 Å². The molecule has 0 N–H and O–H groups in total. The van der Waals surface area contributed by atoms with E-state index >= 15 is 0 Å². The van der Waals surface area contributed by atoms with Crippen LogP contribution in [0.2, 0.25) is 0 Å². The van der Waals surface area contributed by atoms with Crippen molar-refractivity contribution in [2.75, 3.05) is 12.8 Å². The number of benzene rings is 1. The molecule has 0 saturated carbocycles. The van der Waals surface area contributed by atoms with Crippen LogP contribution in [0.25, 0.3) is 0 Å². The first kappa shape index (κ1) is 11.4. The smallest absolute Gasteiger partial charge is 0.211 e. The van der Waals surface area contributed by atoms with Gasteiger partial charge in [-0.15, -0.1) is 0 Å². The highest BCUT2D eigenvalue weighted by atomic mass is 32.2. The number of fused-ring (bicyclic) bond motifs is 1. The summed E-state index contributed by atoms with van der Waals surface area (Å²) < 4.78 is 30.3. The summed E-state index contributed by atoms with van der Waals surface area (Å²) in [6.45, 7) is 2.66. The molecule has 1 atom stereocenters. The molecule has 0 aliphatic carbocycles. The van der Waals surface area contributed by atoms with E-state index in [4.69, 9.17) is 4.74 Å². The molecule has 1 aliphatic rings. The summed E-state index contributed by atoms with van der Waals surface area (Å²) in [6.07, 6.45) is 1.10. The third-order valence-electron chi connectivity index (χ3n) is 2.58.